The fraction of sp³-hybridized carbons (Fsp3) is 0.296. The Kier molecular flexibility index (Phi) is 8.77. The fourth-order valence-electron chi connectivity index (χ4n) is 4.60. The van der Waals surface area contributed by atoms with Crippen molar-refractivity contribution in [2.45, 2.75) is 25.2 Å². The molecule has 0 saturated carbocycles. The van der Waals surface area contributed by atoms with Gasteiger partial charge in [-0.1, -0.05) is 35.0 Å². The van der Waals surface area contributed by atoms with E-state index in [1.165, 1.54) is 33.1 Å². The SMILES string of the molecule is COc1cc([C@@H]2C(C#N)=C(SCC(=O)Nc3cc(Cl)cc(Cl)c3)NC3=C2C(=O)CCC3)cc(OC)c1OC. The maximum atomic E-state index is 13.1. The lowest BCUT2D eigenvalue weighted by atomic mass is 9.76. The number of ketones is 1. The van der Waals surface area contributed by atoms with Crippen LogP contribution in [0.3, 0.4) is 0 Å². The van der Waals surface area contributed by atoms with Gasteiger partial charge in [-0.25, -0.2) is 0 Å². The summed E-state index contributed by atoms with van der Waals surface area (Å²) in [5.74, 6) is 0.264. The average Bonchev–Trinajstić information content (AvgIpc) is 2.89. The second kappa shape index (κ2) is 12.0. The molecule has 0 bridgehead atoms. The maximum Gasteiger partial charge on any atom is 0.234 e. The number of nitrogens with zero attached hydrogens (tertiary/aromatic N) is 1. The Morgan fingerprint density at radius 3 is 2.32 bits per heavy atom. The number of thioether (sulfide) groups is 1. The van der Waals surface area contributed by atoms with Crippen molar-refractivity contribution in [3.05, 3.63) is 67.8 Å². The number of anilines is 1. The Morgan fingerprint density at radius 2 is 1.74 bits per heavy atom. The topological polar surface area (TPSA) is 110 Å². The zero-order chi connectivity index (χ0) is 27.4. The van der Waals surface area contributed by atoms with Gasteiger partial charge in [0.1, 0.15) is 0 Å². The molecule has 38 heavy (non-hydrogen) atoms. The quantitative estimate of drug-likeness (QED) is 0.406. The number of carbonyl (C=O) groups is 2. The van der Waals surface area contributed by atoms with E-state index in [0.29, 0.717) is 74.0 Å². The van der Waals surface area contributed by atoms with Crippen molar-refractivity contribution in [1.82, 2.24) is 5.32 Å². The summed E-state index contributed by atoms with van der Waals surface area (Å²) in [7, 11) is 4.52. The summed E-state index contributed by atoms with van der Waals surface area (Å²) in [5.41, 5.74) is 2.75. The summed E-state index contributed by atoms with van der Waals surface area (Å²) < 4.78 is 16.5. The fourth-order valence-corrected chi connectivity index (χ4v) is 5.99. The molecule has 1 aliphatic carbocycles. The second-order valence-electron chi connectivity index (χ2n) is 8.54. The summed E-state index contributed by atoms with van der Waals surface area (Å²) in [6.45, 7) is 0. The molecular formula is C27H25Cl2N3O5S. The van der Waals surface area contributed by atoms with Gasteiger partial charge < -0.3 is 24.8 Å². The first-order valence-electron chi connectivity index (χ1n) is 11.7. The molecule has 2 N–H and O–H groups in total. The number of hydrogen-bond donors (Lipinski definition) is 2. The molecule has 2 aromatic carbocycles. The number of Topliss-reactive ketones (excluding diaryl/α,β-unsaturated/α-hetero) is 1. The van der Waals surface area contributed by atoms with Gasteiger partial charge in [0, 0.05) is 33.4 Å². The van der Waals surface area contributed by atoms with Gasteiger partial charge in [-0.05, 0) is 48.7 Å². The van der Waals surface area contributed by atoms with Crippen molar-refractivity contribution >= 4 is 52.3 Å². The molecule has 0 unspecified atom stereocenters. The number of benzene rings is 2. The molecule has 0 aromatic heterocycles. The number of allylic oxidation sites excluding steroid dienone is 3. The van der Waals surface area contributed by atoms with Crippen LogP contribution in [0.25, 0.3) is 0 Å². The lowest BCUT2D eigenvalue weighted by Crippen LogP contribution is -2.31. The summed E-state index contributed by atoms with van der Waals surface area (Å²) in [5, 5.41) is 17.6. The number of carbonyl (C=O) groups excluding carboxylic acids is 2. The van der Waals surface area contributed by atoms with Gasteiger partial charge in [0.05, 0.1) is 49.7 Å². The molecule has 4 rings (SSSR count). The molecule has 0 radical (unpaired) electrons. The van der Waals surface area contributed by atoms with E-state index in [0.717, 1.165) is 5.70 Å². The number of hydrogen-bond acceptors (Lipinski definition) is 8. The number of nitriles is 1. The minimum Gasteiger partial charge on any atom is -0.493 e. The molecule has 0 fully saturated rings. The molecule has 198 valence electrons. The van der Waals surface area contributed by atoms with Gasteiger partial charge in [0.2, 0.25) is 11.7 Å². The minimum atomic E-state index is -0.657. The van der Waals surface area contributed by atoms with Crippen LogP contribution in [0.1, 0.15) is 30.7 Å². The molecule has 1 aliphatic heterocycles. The van der Waals surface area contributed by atoms with Gasteiger partial charge in [-0.2, -0.15) is 5.26 Å². The van der Waals surface area contributed by atoms with Gasteiger partial charge in [-0.3, -0.25) is 9.59 Å². The van der Waals surface area contributed by atoms with Crippen LogP contribution in [0.15, 0.2) is 52.2 Å². The van der Waals surface area contributed by atoms with E-state index in [1.54, 1.807) is 30.3 Å². The summed E-state index contributed by atoms with van der Waals surface area (Å²) in [6.07, 6.45) is 1.74. The molecule has 11 heteroatoms. The normalized spacial score (nSPS) is 16.8. The molecular weight excluding hydrogens is 549 g/mol. The van der Waals surface area contributed by atoms with Crippen molar-refractivity contribution in [2.24, 2.45) is 0 Å². The summed E-state index contributed by atoms with van der Waals surface area (Å²) >= 11 is 13.2. The maximum absolute atomic E-state index is 13.1. The first kappa shape index (κ1) is 27.7. The average molecular weight is 574 g/mol. The predicted molar refractivity (Wildman–Crippen MR) is 148 cm³/mol. The lowest BCUT2D eigenvalue weighted by Gasteiger charge is -2.33. The lowest BCUT2D eigenvalue weighted by molar-refractivity contribution is -0.116. The number of methoxy groups -OCH3 is 3. The van der Waals surface area contributed by atoms with Crippen molar-refractivity contribution in [3.8, 4) is 23.3 Å². The molecule has 0 spiro atoms. The van der Waals surface area contributed by atoms with Crippen molar-refractivity contribution in [1.29, 1.82) is 5.26 Å². The van der Waals surface area contributed by atoms with Crippen LogP contribution in [-0.2, 0) is 9.59 Å². The molecule has 1 amide bonds. The van der Waals surface area contributed by atoms with Crippen LogP contribution in [0.4, 0.5) is 5.69 Å². The third kappa shape index (κ3) is 5.73. The second-order valence-corrected chi connectivity index (χ2v) is 10.4. The Bertz CT molecular complexity index is 1350. The summed E-state index contributed by atoms with van der Waals surface area (Å²) in [6, 6.07) is 10.5. The van der Waals surface area contributed by atoms with Crippen molar-refractivity contribution in [3.63, 3.8) is 0 Å². The van der Waals surface area contributed by atoms with Crippen LogP contribution < -0.4 is 24.8 Å². The number of dihydropyridines is 1. The monoisotopic (exact) mass is 573 g/mol. The summed E-state index contributed by atoms with van der Waals surface area (Å²) in [4.78, 5) is 25.9. The number of ether oxygens (including phenoxy) is 3. The van der Waals surface area contributed by atoms with Gasteiger partial charge >= 0.3 is 0 Å². The molecule has 1 heterocycles. The molecule has 2 aliphatic rings. The zero-order valence-corrected chi connectivity index (χ0v) is 23.3. The third-order valence-electron chi connectivity index (χ3n) is 6.18. The van der Waals surface area contributed by atoms with Crippen molar-refractivity contribution < 1.29 is 23.8 Å². The Morgan fingerprint density at radius 1 is 1.08 bits per heavy atom. The highest BCUT2D eigenvalue weighted by molar-refractivity contribution is 8.03. The highest BCUT2D eigenvalue weighted by Gasteiger charge is 2.38. The number of amides is 1. The van der Waals surface area contributed by atoms with Crippen LogP contribution in [0.5, 0.6) is 17.2 Å². The van der Waals surface area contributed by atoms with E-state index in [2.05, 4.69) is 16.7 Å². The van der Waals surface area contributed by atoms with Crippen LogP contribution >= 0.6 is 35.0 Å². The number of rotatable bonds is 8. The van der Waals surface area contributed by atoms with E-state index >= 15 is 0 Å². The predicted octanol–water partition coefficient (Wildman–Crippen LogP) is 5.82. The Labute approximate surface area is 234 Å². The Hall–Kier alpha value is -3.32. The number of halogens is 2. The van der Waals surface area contributed by atoms with Crippen LogP contribution in [0.2, 0.25) is 10.0 Å². The van der Waals surface area contributed by atoms with Gasteiger partial charge in [-0.15, -0.1) is 0 Å². The standard InChI is InChI=1S/C27H25Cl2N3O5S/c1-35-21-7-14(8-22(36-2)26(21)37-3)24-18(12-30)27(32-19-5-4-6-20(33)25(19)24)38-13-23(34)31-17-10-15(28)9-16(29)11-17/h7-11,24,32H,4-6,13H2,1-3H3,(H,31,34)/t24-/m1/s1. The zero-order valence-electron chi connectivity index (χ0n) is 20.9. The highest BCUT2D eigenvalue weighted by atomic mass is 35.5. The number of nitrogens with one attached hydrogen (secondary N) is 2. The van der Waals surface area contributed by atoms with Crippen LogP contribution in [-0.4, -0.2) is 38.8 Å². The molecule has 0 saturated heterocycles. The third-order valence-corrected chi connectivity index (χ3v) is 7.63. The van der Waals surface area contributed by atoms with Gasteiger partial charge in [0.25, 0.3) is 0 Å². The Balaban J connectivity index is 1.70. The van der Waals surface area contributed by atoms with E-state index < -0.39 is 5.92 Å². The largest absolute Gasteiger partial charge is 0.493 e. The van der Waals surface area contributed by atoms with E-state index in [1.807, 2.05) is 0 Å². The molecule has 1 atom stereocenters. The minimum absolute atomic E-state index is 0.0101. The van der Waals surface area contributed by atoms with Crippen molar-refractivity contribution in [2.75, 3.05) is 32.4 Å². The van der Waals surface area contributed by atoms with Crippen LogP contribution in [0, 0.1) is 11.3 Å². The van der Waals surface area contributed by atoms with E-state index in [9.17, 15) is 14.9 Å². The first-order valence-corrected chi connectivity index (χ1v) is 13.4. The van der Waals surface area contributed by atoms with E-state index in [4.69, 9.17) is 37.4 Å². The molecule has 2 aromatic rings. The van der Waals surface area contributed by atoms with Gasteiger partial charge in [0.15, 0.2) is 17.3 Å². The molecule has 8 nitrogen and oxygen atoms in total. The first-order chi connectivity index (χ1) is 18.3. The smallest absolute Gasteiger partial charge is 0.234 e. The van der Waals surface area contributed by atoms with E-state index in [-0.39, 0.29) is 17.4 Å². The highest BCUT2D eigenvalue weighted by Crippen LogP contribution is 2.48.